The Balaban J connectivity index is 1.64. The van der Waals surface area contributed by atoms with E-state index in [1.165, 1.54) is 51.6 Å². The largest absolute Gasteiger partial charge is 0.343 e. The molecule has 0 aromatic heterocycles. The monoisotopic (exact) mass is 292 g/mol. The van der Waals surface area contributed by atoms with Gasteiger partial charge in [-0.25, -0.2) is 0 Å². The summed E-state index contributed by atoms with van der Waals surface area (Å²) in [6.07, 6.45) is 11.2. The summed E-state index contributed by atoms with van der Waals surface area (Å²) in [6.45, 7) is 10.6. The van der Waals surface area contributed by atoms with Crippen LogP contribution in [-0.2, 0) is 4.79 Å². The highest BCUT2D eigenvalue weighted by molar-refractivity contribution is 5.76. The predicted octanol–water partition coefficient (Wildman–Crippen LogP) is 3.46. The van der Waals surface area contributed by atoms with Crippen molar-refractivity contribution in [2.24, 2.45) is 5.92 Å². The highest BCUT2D eigenvalue weighted by Gasteiger charge is 2.24. The number of carbonyl (C=O) groups excluding carboxylic acids is 1. The van der Waals surface area contributed by atoms with Crippen LogP contribution in [0.2, 0.25) is 0 Å². The van der Waals surface area contributed by atoms with Crippen LogP contribution in [0.3, 0.4) is 0 Å². The van der Waals surface area contributed by atoms with Crippen LogP contribution in [-0.4, -0.2) is 47.9 Å². The van der Waals surface area contributed by atoms with Gasteiger partial charge in [-0.15, -0.1) is 6.58 Å². The van der Waals surface area contributed by atoms with Gasteiger partial charge in [-0.3, -0.25) is 4.79 Å². The highest BCUT2D eigenvalue weighted by Crippen LogP contribution is 2.23. The number of carbonyl (C=O) groups is 1. The van der Waals surface area contributed by atoms with Crippen molar-refractivity contribution in [2.75, 3.05) is 26.2 Å². The van der Waals surface area contributed by atoms with Gasteiger partial charge in [0.15, 0.2) is 0 Å². The fourth-order valence-electron chi connectivity index (χ4n) is 3.69. The van der Waals surface area contributed by atoms with Crippen LogP contribution in [0.25, 0.3) is 0 Å². The molecule has 21 heavy (non-hydrogen) atoms. The molecule has 3 heteroatoms. The molecule has 120 valence electrons. The van der Waals surface area contributed by atoms with Crippen molar-refractivity contribution in [2.45, 2.75) is 64.3 Å². The molecule has 0 aromatic rings. The molecule has 2 heterocycles. The van der Waals surface area contributed by atoms with Gasteiger partial charge in [0.25, 0.3) is 0 Å². The van der Waals surface area contributed by atoms with Crippen molar-refractivity contribution in [3.8, 4) is 0 Å². The lowest BCUT2D eigenvalue weighted by Gasteiger charge is -2.36. The quantitative estimate of drug-likeness (QED) is 0.700. The lowest BCUT2D eigenvalue weighted by molar-refractivity contribution is -0.132. The number of likely N-dealkylation sites (tertiary alicyclic amines) is 2. The number of hydrogen-bond acceptors (Lipinski definition) is 2. The average Bonchev–Trinajstić information content (AvgIpc) is 2.52. The van der Waals surface area contributed by atoms with Gasteiger partial charge in [-0.05, 0) is 64.5 Å². The normalized spacial score (nSPS) is 25.0. The van der Waals surface area contributed by atoms with E-state index in [-0.39, 0.29) is 0 Å². The molecular weight excluding hydrogens is 260 g/mol. The molecule has 0 aliphatic carbocycles. The fourth-order valence-corrected chi connectivity index (χ4v) is 3.69. The third-order valence-corrected chi connectivity index (χ3v) is 5.29. The predicted molar refractivity (Wildman–Crippen MR) is 88.2 cm³/mol. The zero-order valence-electron chi connectivity index (χ0n) is 13.7. The van der Waals surface area contributed by atoms with E-state index >= 15 is 0 Å². The van der Waals surface area contributed by atoms with E-state index in [1.54, 1.807) is 0 Å². The second-order valence-corrected chi connectivity index (χ2v) is 6.82. The maximum absolute atomic E-state index is 12.0. The van der Waals surface area contributed by atoms with E-state index in [0.717, 1.165) is 31.5 Å². The molecule has 2 rings (SSSR count). The minimum Gasteiger partial charge on any atom is -0.343 e. The smallest absolute Gasteiger partial charge is 0.222 e. The van der Waals surface area contributed by atoms with E-state index in [0.29, 0.717) is 12.3 Å². The highest BCUT2D eigenvalue weighted by atomic mass is 16.2. The van der Waals surface area contributed by atoms with E-state index in [1.807, 2.05) is 6.08 Å². The third-order valence-electron chi connectivity index (χ3n) is 5.29. The number of rotatable bonds is 6. The van der Waals surface area contributed by atoms with Gasteiger partial charge in [0.2, 0.25) is 5.91 Å². The molecule has 0 radical (unpaired) electrons. The molecule has 1 atom stereocenters. The summed E-state index contributed by atoms with van der Waals surface area (Å²) < 4.78 is 0. The molecule has 0 unspecified atom stereocenters. The Morgan fingerprint density at radius 2 is 1.95 bits per heavy atom. The second-order valence-electron chi connectivity index (χ2n) is 6.82. The first kappa shape index (κ1) is 16.5. The molecule has 0 spiro atoms. The van der Waals surface area contributed by atoms with Gasteiger partial charge in [0, 0.05) is 25.6 Å². The van der Waals surface area contributed by atoms with E-state index in [9.17, 15) is 4.79 Å². The molecule has 0 saturated carbocycles. The van der Waals surface area contributed by atoms with Gasteiger partial charge in [-0.2, -0.15) is 0 Å². The van der Waals surface area contributed by atoms with Gasteiger partial charge in [-0.1, -0.05) is 12.5 Å². The van der Waals surface area contributed by atoms with Crippen LogP contribution >= 0.6 is 0 Å². The van der Waals surface area contributed by atoms with Crippen molar-refractivity contribution < 1.29 is 4.79 Å². The molecule has 2 fully saturated rings. The Bertz CT molecular complexity index is 334. The molecule has 2 aliphatic rings. The summed E-state index contributed by atoms with van der Waals surface area (Å²) >= 11 is 0. The van der Waals surface area contributed by atoms with Crippen molar-refractivity contribution in [3.63, 3.8) is 0 Å². The number of hydrogen-bond donors (Lipinski definition) is 0. The molecular formula is C18H32N2O. The lowest BCUT2D eigenvalue weighted by atomic mass is 9.92. The van der Waals surface area contributed by atoms with Crippen LogP contribution < -0.4 is 0 Å². The van der Waals surface area contributed by atoms with Crippen molar-refractivity contribution >= 4 is 5.91 Å². The number of nitrogens with zero attached hydrogens (tertiary/aromatic N) is 2. The Morgan fingerprint density at radius 1 is 1.19 bits per heavy atom. The summed E-state index contributed by atoms with van der Waals surface area (Å²) in [4.78, 5) is 16.7. The van der Waals surface area contributed by atoms with Crippen molar-refractivity contribution in [3.05, 3.63) is 12.7 Å². The van der Waals surface area contributed by atoms with Crippen LogP contribution in [0.1, 0.15) is 58.3 Å². The fraction of sp³-hybridized carbons (Fsp3) is 0.833. The number of piperidine rings is 2. The van der Waals surface area contributed by atoms with E-state index < -0.39 is 0 Å². The molecule has 3 nitrogen and oxygen atoms in total. The molecule has 2 saturated heterocycles. The van der Waals surface area contributed by atoms with Crippen LogP contribution in [0.15, 0.2) is 12.7 Å². The Labute approximate surface area is 130 Å². The first-order valence-electron chi connectivity index (χ1n) is 8.83. The minimum atomic E-state index is 0.318. The number of allylic oxidation sites excluding steroid dienone is 1. The molecule has 0 N–H and O–H groups in total. The van der Waals surface area contributed by atoms with Crippen LogP contribution in [0.4, 0.5) is 0 Å². The molecule has 0 aromatic carbocycles. The summed E-state index contributed by atoms with van der Waals surface area (Å²) in [5.74, 6) is 1.14. The standard InChI is InChI=1S/C18H32N2O/c1-3-4-8-18(21)20-14-10-17(11-15-20)9-13-19-12-6-5-7-16(19)2/h3,16-17H,1,4-15H2,2H3/t16-/m1/s1. The maximum atomic E-state index is 12.0. The Morgan fingerprint density at radius 3 is 2.62 bits per heavy atom. The second kappa shape index (κ2) is 8.57. The van der Waals surface area contributed by atoms with Gasteiger partial charge in [0.05, 0.1) is 0 Å². The Kier molecular flexibility index (Phi) is 6.75. The first-order valence-corrected chi connectivity index (χ1v) is 8.83. The Hall–Kier alpha value is -0.830. The SMILES string of the molecule is C=CCCC(=O)N1CCC(CCN2CCCC[C@H]2C)CC1. The topological polar surface area (TPSA) is 23.6 Å². The average molecular weight is 292 g/mol. The van der Waals surface area contributed by atoms with Gasteiger partial charge >= 0.3 is 0 Å². The lowest BCUT2D eigenvalue weighted by Crippen LogP contribution is -2.41. The van der Waals surface area contributed by atoms with E-state index in [4.69, 9.17) is 0 Å². The zero-order valence-corrected chi connectivity index (χ0v) is 13.7. The van der Waals surface area contributed by atoms with Crippen LogP contribution in [0, 0.1) is 5.92 Å². The number of amides is 1. The van der Waals surface area contributed by atoms with Crippen molar-refractivity contribution in [1.82, 2.24) is 9.80 Å². The van der Waals surface area contributed by atoms with Gasteiger partial charge in [0.1, 0.15) is 0 Å². The summed E-state index contributed by atoms with van der Waals surface area (Å²) in [5.41, 5.74) is 0. The van der Waals surface area contributed by atoms with Crippen LogP contribution in [0.5, 0.6) is 0 Å². The summed E-state index contributed by atoms with van der Waals surface area (Å²) in [5, 5.41) is 0. The molecule has 2 aliphatic heterocycles. The summed E-state index contributed by atoms with van der Waals surface area (Å²) in [7, 11) is 0. The van der Waals surface area contributed by atoms with Crippen molar-refractivity contribution in [1.29, 1.82) is 0 Å². The molecule has 0 bridgehead atoms. The first-order chi connectivity index (χ1) is 10.2. The summed E-state index contributed by atoms with van der Waals surface area (Å²) in [6, 6.07) is 0.777. The van der Waals surface area contributed by atoms with E-state index in [2.05, 4.69) is 23.3 Å². The molecule has 1 amide bonds. The maximum Gasteiger partial charge on any atom is 0.222 e. The zero-order chi connectivity index (χ0) is 15.1. The third kappa shape index (κ3) is 5.14. The minimum absolute atomic E-state index is 0.318. The van der Waals surface area contributed by atoms with Gasteiger partial charge < -0.3 is 9.80 Å².